The first-order valence-corrected chi connectivity index (χ1v) is 6.95. The molecule has 1 aromatic heterocycles. The van der Waals surface area contributed by atoms with Crippen LogP contribution in [0, 0.1) is 6.92 Å². The normalized spacial score (nSPS) is 12.5. The number of nitrogens with two attached hydrogens (primary N) is 1. The van der Waals surface area contributed by atoms with Crippen LogP contribution >= 0.6 is 15.9 Å². The fraction of sp³-hybridized carbons (Fsp3) is 0.357. The van der Waals surface area contributed by atoms with Gasteiger partial charge in [-0.1, -0.05) is 18.2 Å². The number of para-hydroxylation sites is 1. The second-order valence-electron chi connectivity index (χ2n) is 4.58. The molecule has 5 heteroatoms. The van der Waals surface area contributed by atoms with Gasteiger partial charge in [0.05, 0.1) is 15.9 Å². The average molecular weight is 324 g/mol. The maximum Gasteiger partial charge on any atom is 0.131 e. The van der Waals surface area contributed by atoms with E-state index in [2.05, 4.69) is 21.0 Å². The van der Waals surface area contributed by atoms with Crippen molar-refractivity contribution < 1.29 is 4.74 Å². The molecule has 2 rings (SSSR count). The fourth-order valence-corrected chi connectivity index (χ4v) is 2.42. The van der Waals surface area contributed by atoms with Crippen molar-refractivity contribution >= 4 is 15.9 Å². The Morgan fingerprint density at radius 2 is 2.11 bits per heavy atom. The fourth-order valence-electron chi connectivity index (χ4n) is 1.97. The van der Waals surface area contributed by atoms with Crippen LogP contribution in [-0.4, -0.2) is 9.78 Å². The van der Waals surface area contributed by atoms with E-state index in [1.54, 1.807) is 0 Å². The minimum Gasteiger partial charge on any atom is -0.487 e. The Morgan fingerprint density at radius 3 is 2.68 bits per heavy atom. The molecule has 4 nitrogen and oxygen atoms in total. The highest BCUT2D eigenvalue weighted by atomic mass is 79.9. The minimum absolute atomic E-state index is 0.0482. The van der Waals surface area contributed by atoms with Crippen LogP contribution < -0.4 is 10.5 Å². The summed E-state index contributed by atoms with van der Waals surface area (Å²) < 4.78 is 8.71. The van der Waals surface area contributed by atoms with Gasteiger partial charge in [-0.05, 0) is 35.8 Å². The Balaban J connectivity index is 2.19. The van der Waals surface area contributed by atoms with Crippen molar-refractivity contribution in [2.75, 3.05) is 0 Å². The summed E-state index contributed by atoms with van der Waals surface area (Å²) in [5, 5.41) is 4.35. The molecule has 1 aromatic carbocycles. The molecule has 102 valence electrons. The minimum atomic E-state index is -0.0482. The topological polar surface area (TPSA) is 53.1 Å². The van der Waals surface area contributed by atoms with Gasteiger partial charge in [0.15, 0.2) is 0 Å². The molecule has 0 bridgehead atoms. The molecular weight excluding hydrogens is 306 g/mol. The second-order valence-corrected chi connectivity index (χ2v) is 5.38. The zero-order valence-electron chi connectivity index (χ0n) is 11.4. The third-order valence-corrected chi connectivity index (χ3v) is 4.07. The summed E-state index contributed by atoms with van der Waals surface area (Å²) in [6.07, 6.45) is 0. The maximum absolute atomic E-state index is 5.94. The van der Waals surface area contributed by atoms with E-state index in [1.165, 1.54) is 0 Å². The summed E-state index contributed by atoms with van der Waals surface area (Å²) >= 11 is 3.53. The SMILES string of the molecule is Cc1nn(C)c(COc2ccccc2[C@H](C)N)c1Br. The van der Waals surface area contributed by atoms with Gasteiger partial charge in [0, 0.05) is 18.7 Å². The van der Waals surface area contributed by atoms with Gasteiger partial charge in [0.1, 0.15) is 12.4 Å². The maximum atomic E-state index is 5.94. The quantitative estimate of drug-likeness (QED) is 0.940. The Labute approximate surface area is 121 Å². The van der Waals surface area contributed by atoms with E-state index in [0.29, 0.717) is 6.61 Å². The molecule has 0 aliphatic carbocycles. The number of halogens is 1. The van der Waals surface area contributed by atoms with E-state index in [4.69, 9.17) is 10.5 Å². The number of ether oxygens (including phenoxy) is 1. The summed E-state index contributed by atoms with van der Waals surface area (Å²) in [6.45, 7) is 4.37. The van der Waals surface area contributed by atoms with E-state index in [1.807, 2.05) is 49.8 Å². The standard InChI is InChI=1S/C14H18BrN3O/c1-9(16)11-6-4-5-7-13(11)19-8-12-14(15)10(2)17-18(12)3/h4-7,9H,8,16H2,1-3H3/t9-/m0/s1. The molecule has 0 radical (unpaired) electrons. The molecular formula is C14H18BrN3O. The van der Waals surface area contributed by atoms with Crippen LogP contribution in [0.5, 0.6) is 5.75 Å². The molecule has 1 heterocycles. The largest absolute Gasteiger partial charge is 0.487 e. The van der Waals surface area contributed by atoms with E-state index in [9.17, 15) is 0 Å². The van der Waals surface area contributed by atoms with Crippen LogP contribution in [0.3, 0.4) is 0 Å². The zero-order valence-corrected chi connectivity index (χ0v) is 12.9. The van der Waals surface area contributed by atoms with Crippen molar-refractivity contribution in [1.29, 1.82) is 0 Å². The van der Waals surface area contributed by atoms with Crippen molar-refractivity contribution in [3.63, 3.8) is 0 Å². The lowest BCUT2D eigenvalue weighted by Crippen LogP contribution is -2.09. The smallest absolute Gasteiger partial charge is 0.131 e. The van der Waals surface area contributed by atoms with Gasteiger partial charge in [-0.2, -0.15) is 5.10 Å². The van der Waals surface area contributed by atoms with Gasteiger partial charge in [-0.3, -0.25) is 4.68 Å². The van der Waals surface area contributed by atoms with E-state index in [-0.39, 0.29) is 6.04 Å². The Hall–Kier alpha value is -1.33. The van der Waals surface area contributed by atoms with Crippen molar-refractivity contribution in [1.82, 2.24) is 9.78 Å². The zero-order chi connectivity index (χ0) is 14.0. The number of rotatable bonds is 4. The summed E-state index contributed by atoms with van der Waals surface area (Å²) in [7, 11) is 1.91. The van der Waals surface area contributed by atoms with Gasteiger partial charge in [-0.25, -0.2) is 0 Å². The summed E-state index contributed by atoms with van der Waals surface area (Å²) in [6, 6.07) is 7.80. The summed E-state index contributed by atoms with van der Waals surface area (Å²) in [5.41, 5.74) is 8.92. The van der Waals surface area contributed by atoms with Gasteiger partial charge in [-0.15, -0.1) is 0 Å². The van der Waals surface area contributed by atoms with Gasteiger partial charge >= 0.3 is 0 Å². The molecule has 0 unspecified atom stereocenters. The van der Waals surface area contributed by atoms with Crippen LogP contribution in [0.25, 0.3) is 0 Å². The molecule has 0 saturated heterocycles. The average Bonchev–Trinajstić information content (AvgIpc) is 2.61. The monoisotopic (exact) mass is 323 g/mol. The Bertz CT molecular complexity index is 578. The number of hydrogen-bond donors (Lipinski definition) is 1. The summed E-state index contributed by atoms with van der Waals surface area (Å²) in [5.74, 6) is 0.822. The molecule has 2 aromatic rings. The lowest BCUT2D eigenvalue weighted by Gasteiger charge is -2.14. The number of aromatic nitrogens is 2. The van der Waals surface area contributed by atoms with Crippen molar-refractivity contribution in [2.45, 2.75) is 26.5 Å². The van der Waals surface area contributed by atoms with Gasteiger partial charge in [0.25, 0.3) is 0 Å². The molecule has 0 saturated carbocycles. The van der Waals surface area contributed by atoms with Crippen molar-refractivity contribution in [3.8, 4) is 5.75 Å². The van der Waals surface area contributed by atoms with Gasteiger partial charge < -0.3 is 10.5 Å². The molecule has 19 heavy (non-hydrogen) atoms. The third kappa shape index (κ3) is 2.98. The number of hydrogen-bond acceptors (Lipinski definition) is 3. The predicted molar refractivity (Wildman–Crippen MR) is 79.0 cm³/mol. The third-order valence-electron chi connectivity index (χ3n) is 3.04. The Kier molecular flexibility index (Phi) is 4.27. The van der Waals surface area contributed by atoms with Crippen LogP contribution in [-0.2, 0) is 13.7 Å². The van der Waals surface area contributed by atoms with Crippen molar-refractivity contribution in [3.05, 3.63) is 45.7 Å². The molecule has 0 aliphatic heterocycles. The van der Waals surface area contributed by atoms with Crippen LogP contribution in [0.4, 0.5) is 0 Å². The molecule has 0 spiro atoms. The highest BCUT2D eigenvalue weighted by Crippen LogP contribution is 2.26. The number of aryl methyl sites for hydroxylation is 2. The van der Waals surface area contributed by atoms with Crippen LogP contribution in [0.1, 0.15) is 29.9 Å². The highest BCUT2D eigenvalue weighted by Gasteiger charge is 2.13. The van der Waals surface area contributed by atoms with Crippen molar-refractivity contribution in [2.24, 2.45) is 12.8 Å². The van der Waals surface area contributed by atoms with E-state index >= 15 is 0 Å². The molecule has 2 N–H and O–H groups in total. The van der Waals surface area contributed by atoms with Gasteiger partial charge in [0.2, 0.25) is 0 Å². The molecule has 0 fully saturated rings. The van der Waals surface area contributed by atoms with E-state index in [0.717, 1.165) is 27.2 Å². The molecule has 1 atom stereocenters. The lowest BCUT2D eigenvalue weighted by molar-refractivity contribution is 0.290. The number of nitrogens with zero attached hydrogens (tertiary/aromatic N) is 2. The first kappa shape index (κ1) is 14.1. The first-order chi connectivity index (χ1) is 9.00. The molecule has 0 amide bonds. The molecule has 0 aliphatic rings. The summed E-state index contributed by atoms with van der Waals surface area (Å²) in [4.78, 5) is 0. The van der Waals surface area contributed by atoms with E-state index < -0.39 is 0 Å². The lowest BCUT2D eigenvalue weighted by atomic mass is 10.1. The number of benzene rings is 1. The van der Waals surface area contributed by atoms with Crippen LogP contribution in [0.15, 0.2) is 28.7 Å². The Morgan fingerprint density at radius 1 is 1.42 bits per heavy atom. The highest BCUT2D eigenvalue weighted by molar-refractivity contribution is 9.10. The van der Waals surface area contributed by atoms with Crippen LogP contribution in [0.2, 0.25) is 0 Å². The second kappa shape index (κ2) is 5.75. The first-order valence-electron chi connectivity index (χ1n) is 6.16. The predicted octanol–water partition coefficient (Wildman–Crippen LogP) is 3.09.